The lowest BCUT2D eigenvalue weighted by Crippen LogP contribution is -2.44. The van der Waals surface area contributed by atoms with Gasteiger partial charge < -0.3 is 20.7 Å². The molecule has 0 spiro atoms. The highest BCUT2D eigenvalue weighted by atomic mass is 32.2. The van der Waals surface area contributed by atoms with Gasteiger partial charge in [-0.1, -0.05) is 48.5 Å². The Morgan fingerprint density at radius 2 is 1.58 bits per heavy atom. The molecule has 0 aliphatic carbocycles. The van der Waals surface area contributed by atoms with Crippen molar-refractivity contribution in [1.82, 2.24) is 10.6 Å². The van der Waals surface area contributed by atoms with Gasteiger partial charge in [-0.3, -0.25) is 9.59 Å². The summed E-state index contributed by atoms with van der Waals surface area (Å²) in [7, 11) is -3.39. The zero-order valence-electron chi connectivity index (χ0n) is 18.5. The Hall–Kier alpha value is -3.40. The van der Waals surface area contributed by atoms with Gasteiger partial charge in [0.1, 0.15) is 18.4 Å². The van der Waals surface area contributed by atoms with Gasteiger partial charge in [-0.2, -0.15) is 0 Å². The molecule has 0 unspecified atom stereocenters. The van der Waals surface area contributed by atoms with Gasteiger partial charge in [0, 0.05) is 18.5 Å². The van der Waals surface area contributed by atoms with Crippen LogP contribution in [0.3, 0.4) is 0 Å². The minimum Gasteiger partial charge on any atom is -0.445 e. The molecule has 2 aromatic rings. The number of nitrogens with one attached hydrogen (secondary N) is 3. The van der Waals surface area contributed by atoms with E-state index in [1.54, 1.807) is 24.3 Å². The summed E-state index contributed by atoms with van der Waals surface area (Å²) in [6, 6.07) is 17.2. The molecule has 0 saturated heterocycles. The van der Waals surface area contributed by atoms with Crippen LogP contribution in [0.2, 0.25) is 0 Å². The lowest BCUT2D eigenvalue weighted by Gasteiger charge is -2.18. The molecular formula is C23H29N3O6S. The lowest BCUT2D eigenvalue weighted by atomic mass is 10.1. The molecule has 3 amide bonds. The van der Waals surface area contributed by atoms with E-state index >= 15 is 0 Å². The topological polar surface area (TPSA) is 131 Å². The fourth-order valence-electron chi connectivity index (χ4n) is 2.92. The first-order valence-electron chi connectivity index (χ1n) is 10.5. The number of anilines is 1. The second-order valence-electron chi connectivity index (χ2n) is 7.53. The van der Waals surface area contributed by atoms with Gasteiger partial charge in [0.05, 0.1) is 0 Å². The van der Waals surface area contributed by atoms with E-state index in [1.165, 1.54) is 0 Å². The zero-order chi connectivity index (χ0) is 24.1. The van der Waals surface area contributed by atoms with Gasteiger partial charge in [0.2, 0.25) is 11.8 Å². The molecule has 0 aliphatic heterocycles. The van der Waals surface area contributed by atoms with E-state index in [1.807, 2.05) is 36.4 Å². The second kappa shape index (κ2) is 13.2. The van der Waals surface area contributed by atoms with E-state index in [9.17, 15) is 22.8 Å². The first-order chi connectivity index (χ1) is 15.7. The minimum atomic E-state index is -3.39. The van der Waals surface area contributed by atoms with E-state index in [-0.39, 0.29) is 19.1 Å². The minimum absolute atomic E-state index is 0.0755. The molecule has 1 atom stereocenters. The normalized spacial score (nSPS) is 11.8. The van der Waals surface area contributed by atoms with Crippen LogP contribution in [-0.4, -0.2) is 50.9 Å². The summed E-state index contributed by atoms with van der Waals surface area (Å²) in [5, 5.41) is 7.89. The van der Waals surface area contributed by atoms with Crippen LogP contribution >= 0.6 is 0 Å². The van der Waals surface area contributed by atoms with E-state index in [0.29, 0.717) is 24.9 Å². The van der Waals surface area contributed by atoms with Crippen molar-refractivity contribution in [3.05, 3.63) is 66.2 Å². The lowest BCUT2D eigenvalue weighted by molar-refractivity contribution is -0.119. The van der Waals surface area contributed by atoms with Crippen molar-refractivity contribution < 1.29 is 27.5 Å². The van der Waals surface area contributed by atoms with Crippen LogP contribution < -0.4 is 16.0 Å². The van der Waals surface area contributed by atoms with Crippen molar-refractivity contribution in [2.45, 2.75) is 31.9 Å². The molecule has 0 bridgehead atoms. The quantitative estimate of drug-likeness (QED) is 0.404. The third-order valence-electron chi connectivity index (χ3n) is 4.50. The number of carbonyl (C=O) groups excluding carboxylic acids is 3. The van der Waals surface area contributed by atoms with Gasteiger partial charge in [0.15, 0.2) is 9.84 Å². The summed E-state index contributed by atoms with van der Waals surface area (Å²) < 4.78 is 27.5. The van der Waals surface area contributed by atoms with E-state index in [2.05, 4.69) is 16.0 Å². The molecule has 0 fully saturated rings. The molecule has 0 aromatic heterocycles. The third kappa shape index (κ3) is 11.2. The molecule has 3 N–H and O–H groups in total. The number of rotatable bonds is 12. The Kier molecular flexibility index (Phi) is 10.4. The standard InChI is InChI=1S/C23H29N3O6S/c1-33(30,31)17-21(27)24-15-9-8-14-20(22(28)25-19-12-6-3-7-13-19)26-23(29)32-16-18-10-4-2-5-11-18/h2-7,10-13,20H,8-9,14-17H2,1H3,(H,24,27)(H,25,28)(H,26,29)/t20-/m0/s1. The summed E-state index contributed by atoms with van der Waals surface area (Å²) in [6.07, 6.45) is 1.59. The van der Waals surface area contributed by atoms with Gasteiger partial charge in [-0.25, -0.2) is 13.2 Å². The SMILES string of the molecule is CS(=O)(=O)CC(=O)NCCCC[C@H](NC(=O)OCc1ccccc1)C(=O)Nc1ccccc1. The Balaban J connectivity index is 1.86. The van der Waals surface area contributed by atoms with Crippen molar-refractivity contribution in [3.63, 3.8) is 0 Å². The first-order valence-corrected chi connectivity index (χ1v) is 12.6. The first kappa shape index (κ1) is 25.9. The van der Waals surface area contributed by atoms with Gasteiger partial charge in [-0.05, 0) is 37.0 Å². The number of unbranched alkanes of at least 4 members (excludes halogenated alkanes) is 1. The van der Waals surface area contributed by atoms with Crippen LogP contribution in [-0.2, 0) is 30.8 Å². The molecule has 0 radical (unpaired) electrons. The van der Waals surface area contributed by atoms with E-state index in [0.717, 1.165) is 11.8 Å². The summed E-state index contributed by atoms with van der Waals surface area (Å²) in [4.78, 5) is 36.6. The van der Waals surface area contributed by atoms with Crippen LogP contribution in [0.5, 0.6) is 0 Å². The number of hydrogen-bond donors (Lipinski definition) is 3. The average Bonchev–Trinajstić information content (AvgIpc) is 2.77. The molecule has 0 saturated carbocycles. The Labute approximate surface area is 193 Å². The molecule has 0 aliphatic rings. The molecule has 10 heteroatoms. The number of para-hydroxylation sites is 1. The summed E-state index contributed by atoms with van der Waals surface area (Å²) in [5.41, 5.74) is 1.42. The molecule has 33 heavy (non-hydrogen) atoms. The van der Waals surface area contributed by atoms with Crippen LogP contribution in [0.1, 0.15) is 24.8 Å². The maximum atomic E-state index is 12.7. The van der Waals surface area contributed by atoms with Crippen LogP contribution in [0.4, 0.5) is 10.5 Å². The fraction of sp³-hybridized carbons (Fsp3) is 0.348. The predicted molar refractivity (Wildman–Crippen MR) is 125 cm³/mol. The second-order valence-corrected chi connectivity index (χ2v) is 9.67. The summed E-state index contributed by atoms with van der Waals surface area (Å²) >= 11 is 0. The van der Waals surface area contributed by atoms with E-state index in [4.69, 9.17) is 4.74 Å². The van der Waals surface area contributed by atoms with Crippen molar-refractivity contribution in [3.8, 4) is 0 Å². The van der Waals surface area contributed by atoms with Crippen LogP contribution in [0.25, 0.3) is 0 Å². The maximum absolute atomic E-state index is 12.7. The molecule has 0 heterocycles. The van der Waals surface area contributed by atoms with Crippen LogP contribution in [0.15, 0.2) is 60.7 Å². The summed E-state index contributed by atoms with van der Waals surface area (Å²) in [6.45, 7) is 0.339. The Morgan fingerprint density at radius 3 is 2.21 bits per heavy atom. The summed E-state index contributed by atoms with van der Waals surface area (Å²) in [5.74, 6) is -1.53. The number of sulfone groups is 1. The van der Waals surface area contributed by atoms with Crippen LogP contribution in [0, 0.1) is 0 Å². The predicted octanol–water partition coefficient (Wildman–Crippen LogP) is 2.25. The third-order valence-corrected chi connectivity index (χ3v) is 5.28. The zero-order valence-corrected chi connectivity index (χ0v) is 19.3. The van der Waals surface area contributed by atoms with Crippen molar-refractivity contribution in [2.24, 2.45) is 0 Å². The highest BCUT2D eigenvalue weighted by molar-refractivity contribution is 7.91. The average molecular weight is 476 g/mol. The highest BCUT2D eigenvalue weighted by Gasteiger charge is 2.21. The number of amides is 3. The molecular weight excluding hydrogens is 446 g/mol. The molecule has 9 nitrogen and oxygen atoms in total. The highest BCUT2D eigenvalue weighted by Crippen LogP contribution is 2.09. The van der Waals surface area contributed by atoms with Crippen molar-refractivity contribution in [2.75, 3.05) is 23.9 Å². The number of hydrogen-bond acceptors (Lipinski definition) is 6. The Morgan fingerprint density at radius 1 is 0.939 bits per heavy atom. The fourth-order valence-corrected chi connectivity index (χ4v) is 3.50. The van der Waals surface area contributed by atoms with Gasteiger partial charge >= 0.3 is 6.09 Å². The number of alkyl carbamates (subject to hydrolysis) is 1. The molecule has 178 valence electrons. The monoisotopic (exact) mass is 475 g/mol. The van der Waals surface area contributed by atoms with Crippen molar-refractivity contribution >= 4 is 33.4 Å². The Bertz CT molecular complexity index is 1010. The number of ether oxygens (including phenoxy) is 1. The molecule has 2 rings (SSSR count). The maximum Gasteiger partial charge on any atom is 0.408 e. The molecule has 2 aromatic carbocycles. The largest absolute Gasteiger partial charge is 0.445 e. The number of benzene rings is 2. The van der Waals surface area contributed by atoms with E-state index < -0.39 is 33.6 Å². The smallest absolute Gasteiger partial charge is 0.408 e. The van der Waals surface area contributed by atoms with Gasteiger partial charge in [0.25, 0.3) is 0 Å². The number of carbonyl (C=O) groups is 3. The van der Waals surface area contributed by atoms with Crippen molar-refractivity contribution in [1.29, 1.82) is 0 Å². The van der Waals surface area contributed by atoms with Gasteiger partial charge in [-0.15, -0.1) is 0 Å².